The van der Waals surface area contributed by atoms with E-state index in [0.717, 1.165) is 60.1 Å². The summed E-state index contributed by atoms with van der Waals surface area (Å²) in [5.41, 5.74) is 11.4. The minimum absolute atomic E-state index is 0.124. The predicted octanol–water partition coefficient (Wildman–Crippen LogP) is 4.07. The van der Waals surface area contributed by atoms with Gasteiger partial charge in [0.15, 0.2) is 0 Å². The highest BCUT2D eigenvalue weighted by atomic mass is 32.2. The molecule has 0 aliphatic carbocycles. The fourth-order valence-corrected chi connectivity index (χ4v) is 7.23. The average Bonchev–Trinajstić information content (AvgIpc) is 3.31. The second kappa shape index (κ2) is 10.8. The van der Waals surface area contributed by atoms with Crippen LogP contribution in [0.25, 0.3) is 22.0 Å². The first kappa shape index (κ1) is 26.9. The summed E-state index contributed by atoms with van der Waals surface area (Å²) in [4.78, 5) is 18.2. The number of carbonyl (C=O) groups excluding carboxylic acids is 1. The Kier molecular flexibility index (Phi) is 7.64. The number of nitrogens with one attached hydrogen (secondary N) is 1. The summed E-state index contributed by atoms with van der Waals surface area (Å²) in [6.07, 6.45) is 3.88. The highest BCUT2D eigenvalue weighted by Crippen LogP contribution is 2.37. The van der Waals surface area contributed by atoms with E-state index in [-0.39, 0.29) is 23.9 Å². The van der Waals surface area contributed by atoms with Gasteiger partial charge in [-0.15, -0.1) is 0 Å². The highest BCUT2D eigenvalue weighted by molar-refractivity contribution is 7.89. The van der Waals surface area contributed by atoms with Gasteiger partial charge in [0.05, 0.1) is 29.0 Å². The lowest BCUT2D eigenvalue weighted by Crippen LogP contribution is -2.44. The van der Waals surface area contributed by atoms with Crippen LogP contribution in [0.5, 0.6) is 0 Å². The molecule has 2 aromatic carbocycles. The minimum atomic E-state index is -3.18. The van der Waals surface area contributed by atoms with E-state index in [9.17, 15) is 13.2 Å². The van der Waals surface area contributed by atoms with Crippen molar-refractivity contribution in [1.82, 2.24) is 14.2 Å². The number of sulfonamides is 1. The van der Waals surface area contributed by atoms with Gasteiger partial charge in [0.2, 0.25) is 10.0 Å². The molecular formula is C29H38N4O4S. The Morgan fingerprint density at radius 1 is 1.08 bits per heavy atom. The number of carbonyl (C=O) groups is 1. The van der Waals surface area contributed by atoms with Crippen molar-refractivity contribution < 1.29 is 17.9 Å². The fourth-order valence-electron chi connectivity index (χ4n) is 6.10. The molecule has 204 valence electrons. The van der Waals surface area contributed by atoms with E-state index >= 15 is 0 Å². The van der Waals surface area contributed by atoms with Crippen molar-refractivity contribution >= 4 is 26.8 Å². The molecule has 3 heterocycles. The van der Waals surface area contributed by atoms with Crippen LogP contribution in [0.15, 0.2) is 42.6 Å². The Hall–Kier alpha value is -2.72. The molecule has 2 unspecified atom stereocenters. The molecule has 0 bridgehead atoms. The molecule has 2 saturated heterocycles. The van der Waals surface area contributed by atoms with E-state index in [1.165, 1.54) is 5.56 Å². The van der Waals surface area contributed by atoms with Crippen molar-refractivity contribution in [3.63, 3.8) is 0 Å². The molecular weight excluding hydrogens is 500 g/mol. The van der Waals surface area contributed by atoms with Gasteiger partial charge in [0, 0.05) is 44.3 Å². The van der Waals surface area contributed by atoms with E-state index in [0.29, 0.717) is 18.7 Å². The van der Waals surface area contributed by atoms with Gasteiger partial charge in [-0.05, 0) is 80.0 Å². The monoisotopic (exact) mass is 538 g/mol. The number of H-pyrrole nitrogens is 1. The van der Waals surface area contributed by atoms with Gasteiger partial charge in [-0.2, -0.15) is 0 Å². The van der Waals surface area contributed by atoms with Crippen LogP contribution < -0.4 is 5.73 Å². The summed E-state index contributed by atoms with van der Waals surface area (Å²) in [5, 5.41) is 0.981. The smallest absolute Gasteiger partial charge is 0.250 e. The van der Waals surface area contributed by atoms with Gasteiger partial charge >= 0.3 is 0 Å². The molecule has 38 heavy (non-hydrogen) atoms. The number of rotatable bonds is 7. The van der Waals surface area contributed by atoms with Gasteiger partial charge in [-0.1, -0.05) is 18.2 Å². The summed E-state index contributed by atoms with van der Waals surface area (Å²) in [7, 11) is -3.18. The normalized spacial score (nSPS) is 22.2. The van der Waals surface area contributed by atoms with Crippen LogP contribution in [0.1, 0.15) is 61.0 Å². The van der Waals surface area contributed by atoms with E-state index in [1.54, 1.807) is 11.2 Å². The van der Waals surface area contributed by atoms with Crippen LogP contribution in [0.3, 0.4) is 0 Å². The van der Waals surface area contributed by atoms with Crippen molar-refractivity contribution in [2.45, 2.75) is 58.3 Å². The Morgan fingerprint density at radius 2 is 1.79 bits per heavy atom. The Balaban J connectivity index is 1.45. The summed E-state index contributed by atoms with van der Waals surface area (Å²) in [5.74, 6) is -0.139. The molecule has 3 aromatic rings. The maximum atomic E-state index is 12.5. The average molecular weight is 539 g/mol. The van der Waals surface area contributed by atoms with E-state index in [4.69, 9.17) is 10.5 Å². The van der Waals surface area contributed by atoms with Crippen LogP contribution >= 0.6 is 0 Å². The quantitative estimate of drug-likeness (QED) is 0.471. The van der Waals surface area contributed by atoms with Crippen LogP contribution in [-0.4, -0.2) is 72.7 Å². The SMILES string of the molecule is CCS(=O)(=O)N1CCC(c2c[nH]c3c(C(N)=O)cc(-c4cccc(CN5CC(C)OC(C)C5)c4)cc23)CC1. The lowest BCUT2D eigenvalue weighted by atomic mass is 9.88. The molecule has 2 atom stereocenters. The Labute approximate surface area is 225 Å². The lowest BCUT2D eigenvalue weighted by Gasteiger charge is -2.35. The van der Waals surface area contributed by atoms with Gasteiger partial charge in [0.25, 0.3) is 5.91 Å². The molecule has 1 amide bonds. The number of amides is 1. The number of hydrogen-bond acceptors (Lipinski definition) is 5. The number of nitrogens with two attached hydrogens (primary N) is 1. The zero-order valence-corrected chi connectivity index (χ0v) is 23.3. The van der Waals surface area contributed by atoms with Crippen LogP contribution in [0.2, 0.25) is 0 Å². The fraction of sp³-hybridized carbons (Fsp3) is 0.483. The summed E-state index contributed by atoms with van der Waals surface area (Å²) < 4.78 is 32.1. The number of morpholine rings is 1. The number of nitrogens with zero attached hydrogens (tertiary/aromatic N) is 2. The van der Waals surface area contributed by atoms with Crippen LogP contribution in [0, 0.1) is 0 Å². The number of ether oxygens (including phenoxy) is 1. The largest absolute Gasteiger partial charge is 0.373 e. The second-order valence-electron chi connectivity index (χ2n) is 10.8. The Morgan fingerprint density at radius 3 is 2.45 bits per heavy atom. The predicted molar refractivity (Wildman–Crippen MR) is 151 cm³/mol. The zero-order valence-electron chi connectivity index (χ0n) is 22.4. The molecule has 9 heteroatoms. The zero-order chi connectivity index (χ0) is 27.0. The minimum Gasteiger partial charge on any atom is -0.373 e. The van der Waals surface area contributed by atoms with Crippen LogP contribution in [0.4, 0.5) is 0 Å². The second-order valence-corrected chi connectivity index (χ2v) is 13.0. The van der Waals surface area contributed by atoms with E-state index < -0.39 is 15.9 Å². The third kappa shape index (κ3) is 5.52. The number of benzene rings is 2. The molecule has 2 fully saturated rings. The van der Waals surface area contributed by atoms with E-state index in [2.05, 4.69) is 54.1 Å². The summed E-state index contributed by atoms with van der Waals surface area (Å²) in [6.45, 7) is 9.57. The van der Waals surface area contributed by atoms with Crippen molar-refractivity contribution in [2.24, 2.45) is 5.73 Å². The first-order valence-corrected chi connectivity index (χ1v) is 15.1. The summed E-state index contributed by atoms with van der Waals surface area (Å²) in [6, 6.07) is 12.5. The third-order valence-corrected chi connectivity index (χ3v) is 9.78. The number of aromatic amines is 1. The number of hydrogen-bond donors (Lipinski definition) is 2. The molecule has 2 aliphatic rings. The first-order chi connectivity index (χ1) is 18.1. The highest BCUT2D eigenvalue weighted by Gasteiger charge is 2.29. The summed E-state index contributed by atoms with van der Waals surface area (Å²) >= 11 is 0. The molecule has 2 aliphatic heterocycles. The first-order valence-electron chi connectivity index (χ1n) is 13.5. The van der Waals surface area contributed by atoms with Crippen molar-refractivity contribution in [1.29, 1.82) is 0 Å². The Bertz CT molecular complexity index is 1420. The molecule has 1 aromatic heterocycles. The molecule has 0 saturated carbocycles. The number of aromatic nitrogens is 1. The molecule has 0 radical (unpaired) electrons. The number of piperidine rings is 1. The van der Waals surface area contributed by atoms with Crippen molar-refractivity contribution in [3.8, 4) is 11.1 Å². The standard InChI is InChI=1S/C29H38N4O4S/c1-4-38(35,36)33-10-8-22(9-11-33)27-15-31-28-25(27)13-24(14-26(28)29(30)34)23-7-5-6-21(12-23)18-32-16-19(2)37-20(3)17-32/h5-7,12-15,19-20,22,31H,4,8-11,16-18H2,1-3H3,(H2,30,34). The molecule has 0 spiro atoms. The van der Waals surface area contributed by atoms with Crippen molar-refractivity contribution in [2.75, 3.05) is 31.9 Å². The van der Waals surface area contributed by atoms with Gasteiger partial charge < -0.3 is 15.5 Å². The molecule has 3 N–H and O–H groups in total. The number of primary amides is 1. The molecule has 5 rings (SSSR count). The lowest BCUT2D eigenvalue weighted by molar-refractivity contribution is -0.0704. The topological polar surface area (TPSA) is 109 Å². The molecule has 8 nitrogen and oxygen atoms in total. The van der Waals surface area contributed by atoms with Crippen LogP contribution in [-0.2, 0) is 21.3 Å². The van der Waals surface area contributed by atoms with Gasteiger partial charge in [-0.25, -0.2) is 12.7 Å². The van der Waals surface area contributed by atoms with Gasteiger partial charge in [-0.3, -0.25) is 9.69 Å². The van der Waals surface area contributed by atoms with Gasteiger partial charge in [0.1, 0.15) is 0 Å². The third-order valence-electron chi connectivity index (χ3n) is 7.90. The van der Waals surface area contributed by atoms with E-state index in [1.807, 2.05) is 12.3 Å². The maximum Gasteiger partial charge on any atom is 0.250 e. The maximum absolute atomic E-state index is 12.5. The number of fused-ring (bicyclic) bond motifs is 1. The van der Waals surface area contributed by atoms with Crippen molar-refractivity contribution in [3.05, 3.63) is 59.3 Å².